The first kappa shape index (κ1) is 10.9. The minimum absolute atomic E-state index is 0.0539. The highest BCUT2D eigenvalue weighted by Gasteiger charge is 2.24. The van der Waals surface area contributed by atoms with Gasteiger partial charge in [0.2, 0.25) is 5.82 Å². The second kappa shape index (κ2) is 3.94. The summed E-state index contributed by atoms with van der Waals surface area (Å²) in [5.74, 6) is -9.50. The van der Waals surface area contributed by atoms with Crippen LogP contribution in [0.25, 0.3) is 0 Å². The Morgan fingerprint density at radius 1 is 0.714 bits per heavy atom. The Bertz CT molecular complexity index is 330. The van der Waals surface area contributed by atoms with Crippen LogP contribution in [0.3, 0.4) is 0 Å². The summed E-state index contributed by atoms with van der Waals surface area (Å²) in [6.07, 6.45) is -0.232. The molecule has 0 bridgehead atoms. The van der Waals surface area contributed by atoms with Gasteiger partial charge in [0.25, 0.3) is 0 Å². The smallest absolute Gasteiger partial charge is 0.200 e. The minimum Gasteiger partial charge on any atom is -0.203 e. The van der Waals surface area contributed by atoms with E-state index >= 15 is 0 Å². The second-order valence-corrected chi connectivity index (χ2v) is 2.65. The van der Waals surface area contributed by atoms with Gasteiger partial charge in [-0.3, -0.25) is 0 Å². The summed E-state index contributed by atoms with van der Waals surface area (Å²) in [5, 5.41) is 0. The molecule has 0 aliphatic carbocycles. The number of rotatable bonds is 2. The molecule has 0 N–H and O–H groups in total. The van der Waals surface area contributed by atoms with E-state index in [2.05, 4.69) is 6.92 Å². The number of hydrogen-bond donors (Lipinski definition) is 0. The van der Waals surface area contributed by atoms with Gasteiger partial charge in [-0.15, -0.1) is 0 Å². The molecule has 0 aliphatic heterocycles. The van der Waals surface area contributed by atoms with Gasteiger partial charge in [-0.1, -0.05) is 6.92 Å². The highest BCUT2D eigenvalue weighted by molar-refractivity contribution is 5.24. The lowest BCUT2D eigenvalue weighted by atomic mass is 10.1. The monoisotopic (exact) mass is 209 g/mol. The van der Waals surface area contributed by atoms with Gasteiger partial charge >= 0.3 is 0 Å². The lowest BCUT2D eigenvalue weighted by Gasteiger charge is -2.06. The molecule has 0 fully saturated rings. The molecule has 14 heavy (non-hydrogen) atoms. The van der Waals surface area contributed by atoms with Gasteiger partial charge in [0, 0.05) is 5.56 Å². The lowest BCUT2D eigenvalue weighted by Crippen LogP contribution is -2.06. The van der Waals surface area contributed by atoms with Crippen LogP contribution < -0.4 is 0 Å². The fourth-order valence-corrected chi connectivity index (χ4v) is 1.05. The molecule has 77 valence electrons. The van der Waals surface area contributed by atoms with Crippen molar-refractivity contribution in [3.63, 3.8) is 0 Å². The van der Waals surface area contributed by atoms with Crippen LogP contribution in [0.2, 0.25) is 0 Å². The van der Waals surface area contributed by atoms with Crippen molar-refractivity contribution in [3.8, 4) is 0 Å². The van der Waals surface area contributed by atoms with Crippen molar-refractivity contribution in [1.82, 2.24) is 0 Å². The van der Waals surface area contributed by atoms with Crippen LogP contribution in [0.15, 0.2) is 0 Å². The molecule has 0 saturated carbocycles. The maximum atomic E-state index is 12.8. The third-order valence-electron chi connectivity index (χ3n) is 1.73. The molecule has 1 rings (SSSR count). The predicted molar refractivity (Wildman–Crippen MR) is 39.9 cm³/mol. The van der Waals surface area contributed by atoms with Gasteiger partial charge in [0.15, 0.2) is 23.3 Å². The van der Waals surface area contributed by atoms with Crippen molar-refractivity contribution in [3.05, 3.63) is 41.6 Å². The van der Waals surface area contributed by atoms with Crippen LogP contribution in [-0.2, 0) is 6.42 Å². The first-order valence-corrected chi connectivity index (χ1v) is 3.80. The van der Waals surface area contributed by atoms with E-state index in [-0.39, 0.29) is 12.8 Å². The highest BCUT2D eigenvalue weighted by Crippen LogP contribution is 2.23. The first-order valence-electron chi connectivity index (χ1n) is 3.80. The normalized spacial score (nSPS) is 10.7. The molecule has 5 heteroatoms. The molecule has 0 aromatic heterocycles. The molecule has 0 aliphatic rings. The summed E-state index contributed by atoms with van der Waals surface area (Å²) in [6.45, 7) is 3.27. The van der Waals surface area contributed by atoms with Crippen LogP contribution in [-0.4, -0.2) is 0 Å². The van der Waals surface area contributed by atoms with E-state index in [1.54, 1.807) is 0 Å². The van der Waals surface area contributed by atoms with Crippen LogP contribution in [0, 0.1) is 36.0 Å². The van der Waals surface area contributed by atoms with E-state index in [1.165, 1.54) is 0 Å². The SMILES string of the molecule is [CH2]CCc1c(F)c(F)c(F)c(F)c1F. The number of hydrogen-bond acceptors (Lipinski definition) is 0. The van der Waals surface area contributed by atoms with E-state index < -0.39 is 34.6 Å². The molecule has 0 atom stereocenters. The van der Waals surface area contributed by atoms with Gasteiger partial charge < -0.3 is 0 Å². The number of halogens is 5. The average molecular weight is 209 g/mol. The van der Waals surface area contributed by atoms with Crippen LogP contribution in [0.4, 0.5) is 22.0 Å². The molecule has 0 spiro atoms. The molecular weight excluding hydrogens is 203 g/mol. The molecule has 0 saturated heterocycles. The van der Waals surface area contributed by atoms with Crippen molar-refractivity contribution in [2.75, 3.05) is 0 Å². The Labute approximate surface area is 77.4 Å². The van der Waals surface area contributed by atoms with Gasteiger partial charge in [-0.2, -0.15) is 0 Å². The fraction of sp³-hybridized carbons (Fsp3) is 0.222. The Hall–Kier alpha value is -1.13. The van der Waals surface area contributed by atoms with Crippen molar-refractivity contribution >= 4 is 0 Å². The summed E-state index contributed by atoms with van der Waals surface area (Å²) in [4.78, 5) is 0. The van der Waals surface area contributed by atoms with Gasteiger partial charge in [0.1, 0.15) is 0 Å². The Balaban J connectivity index is 3.43. The van der Waals surface area contributed by atoms with E-state index in [0.717, 1.165) is 0 Å². The molecule has 1 aromatic rings. The fourth-order valence-electron chi connectivity index (χ4n) is 1.05. The summed E-state index contributed by atoms with van der Waals surface area (Å²) >= 11 is 0. The van der Waals surface area contributed by atoms with Gasteiger partial charge in [-0.05, 0) is 12.8 Å². The molecule has 1 radical (unpaired) electrons. The Morgan fingerprint density at radius 2 is 1.07 bits per heavy atom. The summed E-state index contributed by atoms with van der Waals surface area (Å²) in [6, 6.07) is 0. The molecule has 1 aromatic carbocycles. The average Bonchev–Trinajstić information content (AvgIpc) is 2.19. The standard InChI is InChI=1S/C9H6F5/c1-2-3-4-5(10)7(12)9(14)8(13)6(4)11/h1-3H2. The van der Waals surface area contributed by atoms with E-state index in [1.807, 2.05) is 0 Å². The zero-order chi connectivity index (χ0) is 10.9. The summed E-state index contributed by atoms with van der Waals surface area (Å²) in [7, 11) is 0. The second-order valence-electron chi connectivity index (χ2n) is 2.65. The zero-order valence-corrected chi connectivity index (χ0v) is 7.01. The van der Waals surface area contributed by atoms with Crippen molar-refractivity contribution in [1.29, 1.82) is 0 Å². The molecule has 0 heterocycles. The van der Waals surface area contributed by atoms with E-state index in [9.17, 15) is 22.0 Å². The summed E-state index contributed by atoms with van der Waals surface area (Å²) < 4.78 is 63.3. The van der Waals surface area contributed by atoms with E-state index in [4.69, 9.17) is 0 Å². The topological polar surface area (TPSA) is 0 Å². The van der Waals surface area contributed by atoms with Gasteiger partial charge in [0.05, 0.1) is 0 Å². The van der Waals surface area contributed by atoms with Crippen LogP contribution in [0.5, 0.6) is 0 Å². The first-order chi connectivity index (χ1) is 6.50. The Kier molecular flexibility index (Phi) is 3.08. The maximum absolute atomic E-state index is 12.8. The molecule has 0 nitrogen and oxygen atoms in total. The van der Waals surface area contributed by atoms with Crippen molar-refractivity contribution < 1.29 is 22.0 Å². The maximum Gasteiger partial charge on any atom is 0.200 e. The third-order valence-corrected chi connectivity index (χ3v) is 1.73. The predicted octanol–water partition coefficient (Wildman–Crippen LogP) is 3.15. The minimum atomic E-state index is -2.13. The zero-order valence-electron chi connectivity index (χ0n) is 7.01. The van der Waals surface area contributed by atoms with Crippen molar-refractivity contribution in [2.24, 2.45) is 0 Å². The number of benzene rings is 1. The molecule has 0 amide bonds. The Morgan fingerprint density at radius 3 is 1.43 bits per heavy atom. The highest BCUT2D eigenvalue weighted by atomic mass is 19.2. The van der Waals surface area contributed by atoms with Crippen molar-refractivity contribution in [2.45, 2.75) is 12.8 Å². The van der Waals surface area contributed by atoms with E-state index in [0.29, 0.717) is 0 Å². The molecular formula is C9H6F5. The summed E-state index contributed by atoms with van der Waals surface area (Å²) in [5.41, 5.74) is -0.809. The lowest BCUT2D eigenvalue weighted by molar-refractivity contribution is 0.370. The van der Waals surface area contributed by atoms with Crippen LogP contribution >= 0.6 is 0 Å². The van der Waals surface area contributed by atoms with Crippen LogP contribution in [0.1, 0.15) is 12.0 Å². The largest absolute Gasteiger partial charge is 0.203 e. The quantitative estimate of drug-likeness (QED) is 0.398. The van der Waals surface area contributed by atoms with Gasteiger partial charge in [-0.25, -0.2) is 22.0 Å². The molecule has 0 unspecified atom stereocenters. The third kappa shape index (κ3) is 1.58.